The minimum atomic E-state index is 0.232. The lowest BCUT2D eigenvalue weighted by atomic mass is 9.91. The summed E-state index contributed by atoms with van der Waals surface area (Å²) in [4.78, 5) is 18.7. The summed E-state index contributed by atoms with van der Waals surface area (Å²) < 4.78 is 0. The second kappa shape index (κ2) is 8.63. The van der Waals surface area contributed by atoms with Crippen LogP contribution in [0.15, 0.2) is 47.8 Å². The number of piperidine rings is 1. The van der Waals surface area contributed by atoms with Gasteiger partial charge in [0.25, 0.3) is 0 Å². The number of hydrogen-bond acceptors (Lipinski definition) is 3. The predicted molar refractivity (Wildman–Crippen MR) is 106 cm³/mol. The number of thiophene rings is 1. The maximum absolute atomic E-state index is 12.6. The summed E-state index contributed by atoms with van der Waals surface area (Å²) in [7, 11) is 0. The van der Waals surface area contributed by atoms with Gasteiger partial charge in [0.1, 0.15) is 0 Å². The Labute approximate surface area is 155 Å². The molecule has 1 amide bonds. The molecular formula is C21H28N2OS. The standard InChI is InChI=1S/C21H28N2OS/c1-3-21(24)23(18-8-5-4-6-9-18)20-12-14-22(16-17(20)2)13-11-19-10-7-15-25-19/h4-10,15,17,20H,3,11-14,16H2,1-2H3/t17-,20+/m0/s1. The van der Waals surface area contributed by atoms with Crippen LogP contribution < -0.4 is 4.90 Å². The highest BCUT2D eigenvalue weighted by molar-refractivity contribution is 7.09. The number of likely N-dealkylation sites (tertiary alicyclic amines) is 1. The van der Waals surface area contributed by atoms with Gasteiger partial charge in [-0.25, -0.2) is 0 Å². The first kappa shape index (κ1) is 18.2. The first-order valence-corrected chi connectivity index (χ1v) is 10.2. The van der Waals surface area contributed by atoms with E-state index in [4.69, 9.17) is 0 Å². The van der Waals surface area contributed by atoms with Gasteiger partial charge in [0.2, 0.25) is 5.91 Å². The van der Waals surface area contributed by atoms with Crippen LogP contribution in [0.4, 0.5) is 5.69 Å². The molecule has 0 aliphatic carbocycles. The third kappa shape index (κ3) is 4.50. The topological polar surface area (TPSA) is 23.6 Å². The SMILES string of the molecule is CCC(=O)N(c1ccccc1)[C@@H]1CCN(CCc2cccs2)C[C@@H]1C. The Morgan fingerprint density at radius 3 is 2.68 bits per heavy atom. The van der Waals surface area contributed by atoms with Crippen LogP contribution in [0.2, 0.25) is 0 Å². The number of carbonyl (C=O) groups is 1. The van der Waals surface area contributed by atoms with Crippen LogP contribution in [0.25, 0.3) is 0 Å². The fourth-order valence-corrected chi connectivity index (χ4v) is 4.51. The van der Waals surface area contributed by atoms with Crippen molar-refractivity contribution in [3.63, 3.8) is 0 Å². The smallest absolute Gasteiger partial charge is 0.226 e. The molecule has 0 unspecified atom stereocenters. The minimum Gasteiger partial charge on any atom is -0.309 e. The van der Waals surface area contributed by atoms with Crippen LogP contribution in [0.5, 0.6) is 0 Å². The van der Waals surface area contributed by atoms with E-state index in [1.807, 2.05) is 36.5 Å². The second-order valence-corrected chi connectivity index (χ2v) is 7.95. The second-order valence-electron chi connectivity index (χ2n) is 6.92. The van der Waals surface area contributed by atoms with E-state index in [1.54, 1.807) is 0 Å². The summed E-state index contributed by atoms with van der Waals surface area (Å²) in [5.74, 6) is 0.711. The van der Waals surface area contributed by atoms with Crippen molar-refractivity contribution in [2.75, 3.05) is 24.5 Å². The maximum Gasteiger partial charge on any atom is 0.226 e. The number of para-hydroxylation sites is 1. The Hall–Kier alpha value is -1.65. The summed E-state index contributed by atoms with van der Waals surface area (Å²) in [5.41, 5.74) is 1.04. The first-order chi connectivity index (χ1) is 12.2. The number of anilines is 1. The molecule has 25 heavy (non-hydrogen) atoms. The van der Waals surface area contributed by atoms with Crippen LogP contribution >= 0.6 is 11.3 Å². The van der Waals surface area contributed by atoms with E-state index in [-0.39, 0.29) is 5.91 Å². The van der Waals surface area contributed by atoms with Gasteiger partial charge in [-0.1, -0.05) is 38.1 Å². The molecule has 1 aromatic carbocycles. The Morgan fingerprint density at radius 2 is 2.04 bits per heavy atom. The molecule has 3 rings (SSSR count). The average molecular weight is 357 g/mol. The zero-order valence-electron chi connectivity index (χ0n) is 15.2. The monoisotopic (exact) mass is 356 g/mol. The molecule has 0 bridgehead atoms. The summed E-state index contributed by atoms with van der Waals surface area (Å²) in [6.07, 6.45) is 2.73. The largest absolute Gasteiger partial charge is 0.309 e. The molecule has 0 spiro atoms. The molecule has 1 fully saturated rings. The van der Waals surface area contributed by atoms with Gasteiger partial charge < -0.3 is 9.80 Å². The molecular weight excluding hydrogens is 328 g/mol. The molecule has 0 saturated carbocycles. The molecule has 1 aromatic heterocycles. The highest BCUT2D eigenvalue weighted by Crippen LogP contribution is 2.28. The fraction of sp³-hybridized carbons (Fsp3) is 0.476. The van der Waals surface area contributed by atoms with E-state index < -0.39 is 0 Å². The van der Waals surface area contributed by atoms with E-state index in [1.165, 1.54) is 4.88 Å². The maximum atomic E-state index is 12.6. The summed E-state index contributed by atoms with van der Waals surface area (Å²) in [6.45, 7) is 7.50. The van der Waals surface area contributed by atoms with Gasteiger partial charge in [-0.3, -0.25) is 4.79 Å². The van der Waals surface area contributed by atoms with Crippen molar-refractivity contribution in [2.24, 2.45) is 5.92 Å². The van der Waals surface area contributed by atoms with Crippen molar-refractivity contribution in [3.8, 4) is 0 Å². The van der Waals surface area contributed by atoms with Crippen LogP contribution in [-0.2, 0) is 11.2 Å². The Kier molecular flexibility index (Phi) is 6.27. The number of benzene rings is 1. The molecule has 2 aromatic rings. The third-order valence-electron chi connectivity index (χ3n) is 5.14. The van der Waals surface area contributed by atoms with Crippen molar-refractivity contribution in [1.82, 2.24) is 4.90 Å². The highest BCUT2D eigenvalue weighted by atomic mass is 32.1. The van der Waals surface area contributed by atoms with Crippen molar-refractivity contribution in [3.05, 3.63) is 52.7 Å². The lowest BCUT2D eigenvalue weighted by Gasteiger charge is -2.42. The molecule has 1 aliphatic heterocycles. The summed E-state index contributed by atoms with van der Waals surface area (Å²) in [5, 5.41) is 2.15. The molecule has 1 aliphatic rings. The highest BCUT2D eigenvalue weighted by Gasteiger charge is 2.33. The van der Waals surface area contributed by atoms with Gasteiger partial charge in [0.15, 0.2) is 0 Å². The van der Waals surface area contributed by atoms with E-state index >= 15 is 0 Å². The van der Waals surface area contributed by atoms with Gasteiger partial charge >= 0.3 is 0 Å². The van der Waals surface area contributed by atoms with Crippen LogP contribution in [-0.4, -0.2) is 36.5 Å². The van der Waals surface area contributed by atoms with Crippen molar-refractivity contribution < 1.29 is 4.79 Å². The lowest BCUT2D eigenvalue weighted by Crippen LogP contribution is -2.52. The van der Waals surface area contributed by atoms with Gasteiger partial charge in [0.05, 0.1) is 0 Å². The molecule has 3 nitrogen and oxygen atoms in total. The quantitative estimate of drug-likeness (QED) is 0.764. The molecule has 0 radical (unpaired) electrons. The minimum absolute atomic E-state index is 0.232. The molecule has 0 N–H and O–H groups in total. The van der Waals surface area contributed by atoms with Gasteiger partial charge in [0, 0.05) is 42.7 Å². The molecule has 1 saturated heterocycles. The van der Waals surface area contributed by atoms with Gasteiger partial charge in [-0.05, 0) is 42.3 Å². The predicted octanol–water partition coefficient (Wildman–Crippen LogP) is 4.44. The van der Waals surface area contributed by atoms with Crippen molar-refractivity contribution in [1.29, 1.82) is 0 Å². The molecule has 4 heteroatoms. The fourth-order valence-electron chi connectivity index (χ4n) is 3.81. The number of rotatable bonds is 6. The number of nitrogens with zero attached hydrogens (tertiary/aromatic N) is 2. The zero-order chi connectivity index (χ0) is 17.6. The number of hydrogen-bond donors (Lipinski definition) is 0. The lowest BCUT2D eigenvalue weighted by molar-refractivity contribution is -0.119. The van der Waals surface area contributed by atoms with E-state index in [0.717, 1.165) is 38.2 Å². The average Bonchev–Trinajstić information content (AvgIpc) is 3.16. The normalized spacial score (nSPS) is 21.2. The molecule has 134 valence electrons. The Morgan fingerprint density at radius 1 is 1.24 bits per heavy atom. The van der Waals surface area contributed by atoms with Crippen molar-refractivity contribution in [2.45, 2.75) is 39.2 Å². The van der Waals surface area contributed by atoms with E-state index in [0.29, 0.717) is 18.4 Å². The van der Waals surface area contributed by atoms with Crippen LogP contribution in [0.3, 0.4) is 0 Å². The van der Waals surface area contributed by atoms with Crippen molar-refractivity contribution >= 4 is 22.9 Å². The summed E-state index contributed by atoms with van der Waals surface area (Å²) in [6, 6.07) is 14.8. The number of carbonyl (C=O) groups excluding carboxylic acids is 1. The van der Waals surface area contributed by atoms with Gasteiger partial charge in [-0.2, -0.15) is 0 Å². The van der Waals surface area contributed by atoms with Crippen LogP contribution in [0.1, 0.15) is 31.6 Å². The third-order valence-corrected chi connectivity index (χ3v) is 6.07. The van der Waals surface area contributed by atoms with Gasteiger partial charge in [-0.15, -0.1) is 11.3 Å². The number of amides is 1. The Balaban J connectivity index is 1.65. The van der Waals surface area contributed by atoms with E-state index in [9.17, 15) is 4.79 Å². The molecule has 2 heterocycles. The molecule has 2 atom stereocenters. The Bertz CT molecular complexity index is 656. The zero-order valence-corrected chi connectivity index (χ0v) is 16.0. The first-order valence-electron chi connectivity index (χ1n) is 9.31. The van der Waals surface area contributed by atoms with Crippen LogP contribution in [0, 0.1) is 5.92 Å². The van der Waals surface area contributed by atoms with E-state index in [2.05, 4.69) is 46.4 Å². The summed E-state index contributed by atoms with van der Waals surface area (Å²) >= 11 is 1.84.